The maximum Gasteiger partial charge on any atom is 0.0607 e. The molecule has 3 N–H and O–H groups in total. The quantitative estimate of drug-likeness (QED) is 0.617. The monoisotopic (exact) mass is 187 g/mol. The summed E-state index contributed by atoms with van der Waals surface area (Å²) in [6.07, 6.45) is 0. The van der Waals surface area contributed by atoms with Gasteiger partial charge in [0.15, 0.2) is 0 Å². The Kier molecular flexibility index (Phi) is 4.24. The first-order valence-corrected chi connectivity index (χ1v) is 4.77. The second-order valence-corrected chi connectivity index (χ2v) is 3.35. The zero-order valence-electron chi connectivity index (χ0n) is 6.73. The molecular weight excluding hydrogens is 174 g/mol. The smallest absolute Gasteiger partial charge is 0.0607 e. The van der Waals surface area contributed by atoms with Crippen LogP contribution in [0.15, 0.2) is 16.8 Å². The molecule has 1 rings (SSSR count). The van der Waals surface area contributed by atoms with Crippen molar-refractivity contribution in [2.45, 2.75) is 12.6 Å². The SMILES string of the molecule is OCC(CO)NCc1ccsc1. The maximum atomic E-state index is 8.73. The Balaban J connectivity index is 2.25. The highest BCUT2D eigenvalue weighted by Gasteiger charge is 2.03. The molecule has 0 aromatic carbocycles. The predicted octanol–water partition coefficient (Wildman–Crippen LogP) is 0.191. The molecule has 0 atom stereocenters. The third kappa shape index (κ3) is 2.91. The fourth-order valence-electron chi connectivity index (χ4n) is 0.842. The van der Waals surface area contributed by atoms with Gasteiger partial charge < -0.3 is 15.5 Å². The standard InChI is InChI=1S/C8H13NO2S/c10-4-8(5-11)9-3-7-1-2-12-6-7/h1-2,6,8-11H,3-5H2. The molecule has 0 saturated carbocycles. The minimum Gasteiger partial charge on any atom is -0.395 e. The van der Waals surface area contributed by atoms with Gasteiger partial charge in [-0.05, 0) is 22.4 Å². The molecule has 0 radical (unpaired) electrons. The van der Waals surface area contributed by atoms with Crippen LogP contribution >= 0.6 is 11.3 Å². The first kappa shape index (κ1) is 9.67. The zero-order chi connectivity index (χ0) is 8.81. The fraction of sp³-hybridized carbons (Fsp3) is 0.500. The van der Waals surface area contributed by atoms with Crippen LogP contribution in [0.1, 0.15) is 5.56 Å². The predicted molar refractivity (Wildman–Crippen MR) is 49.1 cm³/mol. The van der Waals surface area contributed by atoms with E-state index in [1.807, 2.05) is 16.8 Å². The van der Waals surface area contributed by atoms with Gasteiger partial charge in [-0.2, -0.15) is 11.3 Å². The van der Waals surface area contributed by atoms with Crippen molar-refractivity contribution in [3.8, 4) is 0 Å². The number of hydrogen-bond acceptors (Lipinski definition) is 4. The van der Waals surface area contributed by atoms with Crippen LogP contribution in [0.4, 0.5) is 0 Å². The van der Waals surface area contributed by atoms with Gasteiger partial charge in [0.1, 0.15) is 0 Å². The maximum absolute atomic E-state index is 8.73. The Morgan fingerprint density at radius 1 is 1.42 bits per heavy atom. The van der Waals surface area contributed by atoms with E-state index in [9.17, 15) is 0 Å². The number of aliphatic hydroxyl groups excluding tert-OH is 2. The van der Waals surface area contributed by atoms with E-state index >= 15 is 0 Å². The van der Waals surface area contributed by atoms with Crippen molar-refractivity contribution in [3.63, 3.8) is 0 Å². The summed E-state index contributed by atoms with van der Waals surface area (Å²) in [4.78, 5) is 0. The van der Waals surface area contributed by atoms with E-state index in [-0.39, 0.29) is 19.3 Å². The van der Waals surface area contributed by atoms with Crippen molar-refractivity contribution in [2.24, 2.45) is 0 Å². The van der Waals surface area contributed by atoms with Crippen molar-refractivity contribution in [1.29, 1.82) is 0 Å². The second kappa shape index (κ2) is 5.27. The van der Waals surface area contributed by atoms with E-state index in [0.717, 1.165) is 0 Å². The van der Waals surface area contributed by atoms with E-state index in [2.05, 4.69) is 5.32 Å². The summed E-state index contributed by atoms with van der Waals surface area (Å²) in [6, 6.07) is 1.81. The molecule has 0 amide bonds. The van der Waals surface area contributed by atoms with Crippen molar-refractivity contribution in [2.75, 3.05) is 13.2 Å². The molecule has 0 bridgehead atoms. The van der Waals surface area contributed by atoms with Crippen LogP contribution in [0.2, 0.25) is 0 Å². The lowest BCUT2D eigenvalue weighted by Gasteiger charge is -2.11. The average Bonchev–Trinajstić information content (AvgIpc) is 2.59. The summed E-state index contributed by atoms with van der Waals surface area (Å²) in [6.45, 7) is 0.649. The summed E-state index contributed by atoms with van der Waals surface area (Å²) < 4.78 is 0. The molecule has 68 valence electrons. The molecule has 12 heavy (non-hydrogen) atoms. The van der Waals surface area contributed by atoms with Gasteiger partial charge in [0.25, 0.3) is 0 Å². The summed E-state index contributed by atoms with van der Waals surface area (Å²) >= 11 is 1.64. The van der Waals surface area contributed by atoms with Crippen LogP contribution in [0.25, 0.3) is 0 Å². The Bertz CT molecular complexity index is 197. The first-order valence-electron chi connectivity index (χ1n) is 3.83. The Morgan fingerprint density at radius 2 is 2.17 bits per heavy atom. The minimum atomic E-state index is -0.204. The largest absolute Gasteiger partial charge is 0.395 e. The van der Waals surface area contributed by atoms with Crippen LogP contribution in [-0.2, 0) is 6.54 Å². The molecule has 1 aromatic heterocycles. The molecule has 1 heterocycles. The van der Waals surface area contributed by atoms with Crippen LogP contribution in [-0.4, -0.2) is 29.5 Å². The van der Waals surface area contributed by atoms with Gasteiger partial charge in [-0.25, -0.2) is 0 Å². The molecule has 0 fully saturated rings. The van der Waals surface area contributed by atoms with E-state index in [0.29, 0.717) is 6.54 Å². The molecule has 0 aliphatic rings. The Morgan fingerprint density at radius 3 is 2.67 bits per heavy atom. The Labute approximate surface area is 75.7 Å². The van der Waals surface area contributed by atoms with E-state index in [4.69, 9.17) is 10.2 Å². The van der Waals surface area contributed by atoms with E-state index in [1.54, 1.807) is 11.3 Å². The molecule has 0 aliphatic heterocycles. The number of rotatable bonds is 5. The van der Waals surface area contributed by atoms with E-state index in [1.165, 1.54) is 5.56 Å². The Hall–Kier alpha value is -0.420. The lowest BCUT2D eigenvalue weighted by Crippen LogP contribution is -2.34. The number of aliphatic hydroxyl groups is 2. The van der Waals surface area contributed by atoms with Crippen LogP contribution in [0.3, 0.4) is 0 Å². The van der Waals surface area contributed by atoms with Crippen LogP contribution < -0.4 is 5.32 Å². The molecule has 0 spiro atoms. The summed E-state index contributed by atoms with van der Waals surface area (Å²) in [5, 5.41) is 24.5. The second-order valence-electron chi connectivity index (χ2n) is 2.57. The number of nitrogens with one attached hydrogen (secondary N) is 1. The van der Waals surface area contributed by atoms with E-state index < -0.39 is 0 Å². The number of thiophene rings is 1. The summed E-state index contributed by atoms with van der Waals surface area (Å²) in [7, 11) is 0. The lowest BCUT2D eigenvalue weighted by atomic mass is 10.3. The van der Waals surface area contributed by atoms with Crippen LogP contribution in [0, 0.1) is 0 Å². The molecule has 1 aromatic rings. The highest BCUT2D eigenvalue weighted by Crippen LogP contribution is 2.05. The minimum absolute atomic E-state index is 0.0271. The zero-order valence-corrected chi connectivity index (χ0v) is 7.55. The van der Waals surface area contributed by atoms with Crippen molar-refractivity contribution in [3.05, 3.63) is 22.4 Å². The fourth-order valence-corrected chi connectivity index (χ4v) is 1.51. The van der Waals surface area contributed by atoms with Crippen molar-refractivity contribution in [1.82, 2.24) is 5.32 Å². The molecule has 0 saturated heterocycles. The van der Waals surface area contributed by atoms with Crippen molar-refractivity contribution < 1.29 is 10.2 Å². The van der Waals surface area contributed by atoms with Crippen molar-refractivity contribution >= 4 is 11.3 Å². The molecular formula is C8H13NO2S. The average molecular weight is 187 g/mol. The molecule has 3 nitrogen and oxygen atoms in total. The third-order valence-corrected chi connectivity index (χ3v) is 2.35. The normalized spacial score (nSPS) is 10.9. The van der Waals surface area contributed by atoms with Crippen LogP contribution in [0.5, 0.6) is 0 Å². The van der Waals surface area contributed by atoms with Gasteiger partial charge in [0.2, 0.25) is 0 Å². The van der Waals surface area contributed by atoms with Gasteiger partial charge in [-0.3, -0.25) is 0 Å². The van der Waals surface area contributed by atoms with Gasteiger partial charge >= 0.3 is 0 Å². The molecule has 0 unspecified atom stereocenters. The first-order chi connectivity index (χ1) is 5.86. The van der Waals surface area contributed by atoms with Gasteiger partial charge in [0, 0.05) is 6.54 Å². The third-order valence-electron chi connectivity index (χ3n) is 1.62. The van der Waals surface area contributed by atoms with Gasteiger partial charge in [-0.15, -0.1) is 0 Å². The number of hydrogen-bond donors (Lipinski definition) is 3. The van der Waals surface area contributed by atoms with Gasteiger partial charge in [0.05, 0.1) is 19.3 Å². The molecule has 4 heteroatoms. The lowest BCUT2D eigenvalue weighted by molar-refractivity contribution is 0.170. The highest BCUT2D eigenvalue weighted by molar-refractivity contribution is 7.07. The highest BCUT2D eigenvalue weighted by atomic mass is 32.1. The molecule has 0 aliphatic carbocycles. The topological polar surface area (TPSA) is 52.5 Å². The van der Waals surface area contributed by atoms with Gasteiger partial charge in [-0.1, -0.05) is 0 Å². The summed E-state index contributed by atoms with van der Waals surface area (Å²) in [5.74, 6) is 0. The summed E-state index contributed by atoms with van der Waals surface area (Å²) in [5.41, 5.74) is 1.19.